The van der Waals surface area contributed by atoms with E-state index in [1.807, 2.05) is 12.1 Å². The molecule has 0 aliphatic carbocycles. The smallest absolute Gasteiger partial charge is 0.253 e. The van der Waals surface area contributed by atoms with Crippen molar-refractivity contribution < 1.29 is 14.7 Å². The molecule has 1 aromatic carbocycles. The zero-order chi connectivity index (χ0) is 16.3. The van der Waals surface area contributed by atoms with Crippen LogP contribution < -0.4 is 4.90 Å². The number of hydrogen-bond donors (Lipinski definition) is 1. The van der Waals surface area contributed by atoms with Gasteiger partial charge in [0.15, 0.2) is 0 Å². The van der Waals surface area contributed by atoms with Crippen LogP contribution in [0.2, 0.25) is 0 Å². The minimum atomic E-state index is -0.234. The summed E-state index contributed by atoms with van der Waals surface area (Å²) in [6.45, 7) is 5.92. The van der Waals surface area contributed by atoms with Crippen LogP contribution in [0.15, 0.2) is 30.9 Å². The van der Waals surface area contributed by atoms with Gasteiger partial charge in [-0.25, -0.2) is 0 Å². The molecule has 0 spiro atoms. The second-order valence-electron chi connectivity index (χ2n) is 5.59. The number of carbonyl (C=O) groups is 2. The number of aliphatic hydroxyl groups is 1. The molecule has 0 saturated carbocycles. The van der Waals surface area contributed by atoms with Gasteiger partial charge >= 0.3 is 0 Å². The van der Waals surface area contributed by atoms with Crippen LogP contribution in [0.3, 0.4) is 0 Å². The van der Waals surface area contributed by atoms with Gasteiger partial charge in [-0.1, -0.05) is 6.58 Å². The molecular formula is C17H22N2O3. The molecule has 0 aromatic heterocycles. The molecule has 0 bridgehead atoms. The van der Waals surface area contributed by atoms with Gasteiger partial charge in [0.2, 0.25) is 5.91 Å². The van der Waals surface area contributed by atoms with Crippen LogP contribution in [0.25, 0.3) is 0 Å². The Kier molecular flexibility index (Phi) is 4.98. The van der Waals surface area contributed by atoms with E-state index >= 15 is 0 Å². The summed E-state index contributed by atoms with van der Waals surface area (Å²) in [6, 6.07) is 5.17. The van der Waals surface area contributed by atoms with Crippen molar-refractivity contribution in [3.05, 3.63) is 42.0 Å². The highest BCUT2D eigenvalue weighted by Gasteiger charge is 2.23. The maximum Gasteiger partial charge on any atom is 0.253 e. The maximum absolute atomic E-state index is 12.4. The average molecular weight is 302 g/mol. The van der Waals surface area contributed by atoms with Crippen molar-refractivity contribution in [2.45, 2.75) is 25.8 Å². The summed E-state index contributed by atoms with van der Waals surface area (Å²) in [5.74, 6) is -0.248. The number of rotatable bonds is 4. The lowest BCUT2D eigenvalue weighted by Gasteiger charge is -2.29. The fraction of sp³-hybridized carbons (Fsp3) is 0.412. The number of hydrogen-bond acceptors (Lipinski definition) is 3. The Hall–Kier alpha value is -2.14. The molecule has 5 heteroatoms. The van der Waals surface area contributed by atoms with Crippen molar-refractivity contribution >= 4 is 17.5 Å². The second-order valence-corrected chi connectivity index (χ2v) is 5.59. The fourth-order valence-electron chi connectivity index (χ4n) is 2.60. The number of aryl methyl sites for hydroxylation is 1. The van der Waals surface area contributed by atoms with E-state index in [-0.39, 0.29) is 24.5 Å². The molecule has 1 aliphatic rings. The summed E-state index contributed by atoms with van der Waals surface area (Å²) in [6.07, 6.45) is 3.02. The first-order chi connectivity index (χ1) is 10.5. The predicted octanol–water partition coefficient (Wildman–Crippen LogP) is 1.60. The number of nitrogens with zero attached hydrogens (tertiary/aromatic N) is 2. The molecule has 2 rings (SSSR count). The van der Waals surface area contributed by atoms with Gasteiger partial charge < -0.3 is 14.9 Å². The lowest BCUT2D eigenvalue weighted by atomic mass is 9.98. The van der Waals surface area contributed by atoms with Gasteiger partial charge in [0.25, 0.3) is 5.91 Å². The number of carbonyl (C=O) groups excluding carboxylic acids is 2. The van der Waals surface area contributed by atoms with Gasteiger partial charge in [0.1, 0.15) is 0 Å². The van der Waals surface area contributed by atoms with Crippen molar-refractivity contribution in [1.29, 1.82) is 0 Å². The number of likely N-dealkylation sites (N-methyl/N-ethyl adjacent to an activating group) is 1. The third kappa shape index (κ3) is 3.04. The van der Waals surface area contributed by atoms with Gasteiger partial charge in [-0.3, -0.25) is 9.59 Å². The van der Waals surface area contributed by atoms with E-state index in [9.17, 15) is 9.59 Å². The van der Waals surface area contributed by atoms with Crippen molar-refractivity contribution in [1.82, 2.24) is 4.90 Å². The quantitative estimate of drug-likeness (QED) is 0.860. The van der Waals surface area contributed by atoms with Gasteiger partial charge in [0, 0.05) is 24.8 Å². The zero-order valence-corrected chi connectivity index (χ0v) is 13.1. The SMILES string of the molecule is C=CC(=O)N1CCCc2cc(C(=O)N(C)[C@H](C)CO)ccc21. The van der Waals surface area contributed by atoms with Crippen LogP contribution in [0.5, 0.6) is 0 Å². The monoisotopic (exact) mass is 302 g/mol. The van der Waals surface area contributed by atoms with Gasteiger partial charge in [-0.15, -0.1) is 0 Å². The van der Waals surface area contributed by atoms with Crippen LogP contribution in [0.1, 0.15) is 29.3 Å². The Morgan fingerprint density at radius 1 is 1.50 bits per heavy atom. The van der Waals surface area contributed by atoms with Crippen molar-refractivity contribution in [3.8, 4) is 0 Å². The fourth-order valence-corrected chi connectivity index (χ4v) is 2.60. The third-order valence-electron chi connectivity index (χ3n) is 4.13. The molecule has 1 atom stereocenters. The lowest BCUT2D eigenvalue weighted by molar-refractivity contribution is -0.114. The summed E-state index contributed by atoms with van der Waals surface area (Å²) in [7, 11) is 1.68. The Bertz CT molecular complexity index is 598. The van der Waals surface area contributed by atoms with Crippen LogP contribution in [0, 0.1) is 0 Å². The number of benzene rings is 1. The summed E-state index contributed by atoms with van der Waals surface area (Å²) in [5.41, 5.74) is 2.43. The predicted molar refractivity (Wildman–Crippen MR) is 86.0 cm³/mol. The first kappa shape index (κ1) is 16.2. The molecule has 1 aromatic rings. The van der Waals surface area contributed by atoms with Gasteiger partial charge in [0.05, 0.1) is 12.6 Å². The van der Waals surface area contributed by atoms with E-state index in [1.54, 1.807) is 24.9 Å². The van der Waals surface area contributed by atoms with Crippen LogP contribution in [0.4, 0.5) is 5.69 Å². The molecule has 118 valence electrons. The summed E-state index contributed by atoms with van der Waals surface area (Å²) >= 11 is 0. The summed E-state index contributed by atoms with van der Waals surface area (Å²) in [5, 5.41) is 9.17. The minimum Gasteiger partial charge on any atom is -0.394 e. The van der Waals surface area contributed by atoms with E-state index in [2.05, 4.69) is 6.58 Å². The van der Waals surface area contributed by atoms with Crippen LogP contribution in [-0.4, -0.2) is 48.1 Å². The largest absolute Gasteiger partial charge is 0.394 e. The van der Waals surface area contributed by atoms with Gasteiger partial charge in [-0.2, -0.15) is 0 Å². The lowest BCUT2D eigenvalue weighted by Crippen LogP contribution is -2.38. The molecule has 5 nitrogen and oxygen atoms in total. The second kappa shape index (κ2) is 6.75. The Morgan fingerprint density at radius 3 is 2.86 bits per heavy atom. The van der Waals surface area contributed by atoms with E-state index < -0.39 is 0 Å². The summed E-state index contributed by atoms with van der Waals surface area (Å²) in [4.78, 5) is 27.5. The normalized spacial score (nSPS) is 15.0. The number of anilines is 1. The maximum atomic E-state index is 12.4. The molecular weight excluding hydrogens is 280 g/mol. The van der Waals surface area contributed by atoms with Crippen LogP contribution in [-0.2, 0) is 11.2 Å². The Morgan fingerprint density at radius 2 is 2.23 bits per heavy atom. The Balaban J connectivity index is 2.30. The standard InChI is InChI=1S/C17H22N2O3/c1-4-16(21)19-9-5-6-13-10-14(7-8-15(13)19)17(22)18(3)12(2)11-20/h4,7-8,10,12,20H,1,5-6,9,11H2,2-3H3/t12-/m1/s1. The molecule has 1 aliphatic heterocycles. The highest BCUT2D eigenvalue weighted by Crippen LogP contribution is 2.28. The molecule has 0 unspecified atom stereocenters. The molecule has 22 heavy (non-hydrogen) atoms. The van der Waals surface area contributed by atoms with Gasteiger partial charge in [-0.05, 0) is 49.6 Å². The molecule has 2 amide bonds. The topological polar surface area (TPSA) is 60.9 Å². The number of amides is 2. The van der Waals surface area contributed by atoms with Crippen molar-refractivity contribution in [2.24, 2.45) is 0 Å². The minimum absolute atomic E-state index is 0.0746. The molecule has 1 N–H and O–H groups in total. The van der Waals surface area contributed by atoms with E-state index in [1.165, 1.54) is 11.0 Å². The number of fused-ring (bicyclic) bond motifs is 1. The van der Waals surface area contributed by atoms with E-state index in [0.717, 1.165) is 24.1 Å². The third-order valence-corrected chi connectivity index (χ3v) is 4.13. The molecule has 1 heterocycles. The van der Waals surface area contributed by atoms with Crippen LogP contribution >= 0.6 is 0 Å². The highest BCUT2D eigenvalue weighted by atomic mass is 16.3. The summed E-state index contributed by atoms with van der Waals surface area (Å²) < 4.78 is 0. The molecule has 0 saturated heterocycles. The Labute approximate surface area is 130 Å². The van der Waals surface area contributed by atoms with E-state index in [4.69, 9.17) is 5.11 Å². The van der Waals surface area contributed by atoms with Crippen molar-refractivity contribution in [3.63, 3.8) is 0 Å². The highest BCUT2D eigenvalue weighted by molar-refractivity contribution is 6.02. The average Bonchev–Trinajstić information content (AvgIpc) is 2.57. The molecule has 0 fully saturated rings. The first-order valence-electron chi connectivity index (χ1n) is 7.44. The zero-order valence-electron chi connectivity index (χ0n) is 13.1. The first-order valence-corrected chi connectivity index (χ1v) is 7.44. The van der Waals surface area contributed by atoms with Crippen molar-refractivity contribution in [2.75, 3.05) is 25.1 Å². The molecule has 0 radical (unpaired) electrons. The number of aliphatic hydroxyl groups excluding tert-OH is 1. The van der Waals surface area contributed by atoms with E-state index in [0.29, 0.717) is 12.1 Å².